The van der Waals surface area contributed by atoms with E-state index in [2.05, 4.69) is 26.2 Å². The van der Waals surface area contributed by atoms with Gasteiger partial charge in [-0.15, -0.1) is 0 Å². The lowest BCUT2D eigenvalue weighted by molar-refractivity contribution is 0.621. The molecule has 17 heavy (non-hydrogen) atoms. The summed E-state index contributed by atoms with van der Waals surface area (Å²) < 4.78 is 14.8. The molecule has 0 aliphatic rings. The Morgan fingerprint density at radius 1 is 1.29 bits per heavy atom. The molecule has 3 N–H and O–H groups in total. The van der Waals surface area contributed by atoms with Crippen molar-refractivity contribution in [3.63, 3.8) is 0 Å². The van der Waals surface area contributed by atoms with Crippen LogP contribution in [0.25, 0.3) is 0 Å². The Morgan fingerprint density at radius 2 is 2.06 bits per heavy atom. The van der Waals surface area contributed by atoms with Crippen molar-refractivity contribution in [2.45, 2.75) is 0 Å². The summed E-state index contributed by atoms with van der Waals surface area (Å²) in [4.78, 5) is 4.00. The summed E-state index contributed by atoms with van der Waals surface area (Å²) in [6.07, 6.45) is 3.31. The number of halogens is 3. The van der Waals surface area contributed by atoms with E-state index in [1.54, 1.807) is 18.5 Å². The molecule has 1 heterocycles. The van der Waals surface area contributed by atoms with E-state index in [-0.39, 0.29) is 5.82 Å². The molecule has 0 aliphatic heterocycles. The zero-order valence-corrected chi connectivity index (χ0v) is 12.3. The van der Waals surface area contributed by atoms with E-state index in [0.717, 1.165) is 10.2 Å². The van der Waals surface area contributed by atoms with Crippen LogP contribution in [0.5, 0.6) is 0 Å². The van der Waals surface area contributed by atoms with E-state index in [4.69, 9.17) is 5.73 Å². The molecule has 1 aromatic carbocycles. The van der Waals surface area contributed by atoms with Crippen molar-refractivity contribution >= 4 is 55.6 Å². The second-order valence-electron chi connectivity index (χ2n) is 3.37. The molecule has 0 aliphatic carbocycles. The second-order valence-corrected chi connectivity index (χ2v) is 5.45. The fourth-order valence-corrected chi connectivity index (χ4v) is 2.16. The van der Waals surface area contributed by atoms with Crippen molar-refractivity contribution in [1.29, 1.82) is 0 Å². The van der Waals surface area contributed by atoms with Gasteiger partial charge in [-0.3, -0.25) is 4.98 Å². The lowest BCUT2D eigenvalue weighted by Crippen LogP contribution is -1.99. The minimum absolute atomic E-state index is 0.301. The van der Waals surface area contributed by atoms with E-state index < -0.39 is 0 Å². The monoisotopic (exact) mass is 407 g/mol. The Bertz CT molecular complexity index is 562. The third-order valence-corrected chi connectivity index (χ3v) is 3.34. The molecule has 3 nitrogen and oxygen atoms in total. The van der Waals surface area contributed by atoms with Crippen LogP contribution in [0.3, 0.4) is 0 Å². The Balaban J connectivity index is 2.33. The SMILES string of the molecule is Nc1cc(I)c(F)cc1Nc1cncc(Br)c1. The largest absolute Gasteiger partial charge is 0.397 e. The molecule has 6 heteroatoms. The lowest BCUT2D eigenvalue weighted by atomic mass is 10.2. The van der Waals surface area contributed by atoms with Gasteiger partial charge in [0.1, 0.15) is 5.82 Å². The number of nitrogens with two attached hydrogens (primary N) is 1. The van der Waals surface area contributed by atoms with E-state index in [1.807, 2.05) is 28.7 Å². The molecule has 0 saturated carbocycles. The van der Waals surface area contributed by atoms with Gasteiger partial charge in [0.2, 0.25) is 0 Å². The van der Waals surface area contributed by atoms with Crippen LogP contribution in [-0.4, -0.2) is 4.98 Å². The maximum absolute atomic E-state index is 13.4. The van der Waals surface area contributed by atoms with Crippen molar-refractivity contribution in [3.05, 3.63) is 44.5 Å². The molecule has 88 valence electrons. The van der Waals surface area contributed by atoms with Crippen LogP contribution in [0.1, 0.15) is 0 Å². The molecule has 0 saturated heterocycles. The maximum Gasteiger partial charge on any atom is 0.138 e. The molecule has 2 aromatic rings. The third-order valence-electron chi connectivity index (χ3n) is 2.08. The summed E-state index contributed by atoms with van der Waals surface area (Å²) in [6, 6.07) is 4.80. The minimum atomic E-state index is -0.301. The van der Waals surface area contributed by atoms with Crippen LogP contribution in [-0.2, 0) is 0 Å². The second kappa shape index (κ2) is 5.18. The van der Waals surface area contributed by atoms with Crippen molar-refractivity contribution < 1.29 is 4.39 Å². The number of rotatable bonds is 2. The van der Waals surface area contributed by atoms with E-state index in [1.165, 1.54) is 6.07 Å². The quantitative estimate of drug-likeness (QED) is 0.586. The smallest absolute Gasteiger partial charge is 0.138 e. The molecule has 0 unspecified atom stereocenters. The van der Waals surface area contributed by atoms with E-state index in [0.29, 0.717) is 14.9 Å². The third kappa shape index (κ3) is 3.06. The standard InChI is InChI=1S/C11H8BrFIN3/c12-6-1-7(5-16-4-6)17-11-2-8(13)9(14)3-10(11)15/h1-5,17H,15H2. The number of nitrogens with zero attached hydrogens (tertiary/aromatic N) is 1. The molecular formula is C11H8BrFIN3. The highest BCUT2D eigenvalue weighted by Crippen LogP contribution is 2.27. The predicted molar refractivity (Wildman–Crippen MR) is 78.7 cm³/mol. The molecule has 0 fully saturated rings. The van der Waals surface area contributed by atoms with Gasteiger partial charge in [-0.2, -0.15) is 0 Å². The number of aromatic nitrogens is 1. The molecule has 0 radical (unpaired) electrons. The highest BCUT2D eigenvalue weighted by molar-refractivity contribution is 14.1. The summed E-state index contributed by atoms with van der Waals surface area (Å²) in [7, 11) is 0. The van der Waals surface area contributed by atoms with Crippen molar-refractivity contribution in [1.82, 2.24) is 4.98 Å². The van der Waals surface area contributed by atoms with Gasteiger partial charge in [-0.1, -0.05) is 0 Å². The topological polar surface area (TPSA) is 50.9 Å². The summed E-state index contributed by atoms with van der Waals surface area (Å²) in [5.41, 5.74) is 7.58. The zero-order chi connectivity index (χ0) is 12.4. The van der Waals surface area contributed by atoms with Crippen molar-refractivity contribution in [2.75, 3.05) is 11.1 Å². The highest BCUT2D eigenvalue weighted by atomic mass is 127. The molecular weight excluding hydrogens is 400 g/mol. The van der Waals surface area contributed by atoms with Crippen LogP contribution in [0.2, 0.25) is 0 Å². The molecule has 0 amide bonds. The average Bonchev–Trinajstić information content (AvgIpc) is 2.26. The van der Waals surface area contributed by atoms with E-state index in [9.17, 15) is 4.39 Å². The average molecular weight is 408 g/mol. The van der Waals surface area contributed by atoms with Crippen molar-refractivity contribution in [3.8, 4) is 0 Å². The number of anilines is 3. The number of pyridine rings is 1. The van der Waals surface area contributed by atoms with Crippen LogP contribution in [0, 0.1) is 9.39 Å². The Labute approximate surface area is 120 Å². The number of hydrogen-bond acceptors (Lipinski definition) is 3. The normalized spacial score (nSPS) is 10.3. The number of nitrogen functional groups attached to an aromatic ring is 1. The number of nitrogens with one attached hydrogen (secondary N) is 1. The summed E-state index contributed by atoms with van der Waals surface area (Å²) in [5, 5.41) is 3.02. The van der Waals surface area contributed by atoms with Crippen LogP contribution >= 0.6 is 38.5 Å². The van der Waals surface area contributed by atoms with Gasteiger partial charge in [-0.25, -0.2) is 4.39 Å². The molecule has 2 rings (SSSR count). The molecule has 0 bridgehead atoms. The van der Waals surface area contributed by atoms with Crippen molar-refractivity contribution in [2.24, 2.45) is 0 Å². The van der Waals surface area contributed by atoms with Gasteiger partial charge in [0.05, 0.1) is 26.8 Å². The number of benzene rings is 1. The first-order valence-corrected chi connectivity index (χ1v) is 6.55. The lowest BCUT2D eigenvalue weighted by Gasteiger charge is -2.10. The van der Waals surface area contributed by atoms with Crippen LogP contribution in [0.15, 0.2) is 35.1 Å². The van der Waals surface area contributed by atoms with Gasteiger partial charge >= 0.3 is 0 Å². The Morgan fingerprint density at radius 3 is 2.76 bits per heavy atom. The van der Waals surface area contributed by atoms with Gasteiger partial charge in [0.25, 0.3) is 0 Å². The van der Waals surface area contributed by atoms with Gasteiger partial charge in [0.15, 0.2) is 0 Å². The summed E-state index contributed by atoms with van der Waals surface area (Å²) in [6.45, 7) is 0. The van der Waals surface area contributed by atoms with Gasteiger partial charge < -0.3 is 11.1 Å². The van der Waals surface area contributed by atoms with Gasteiger partial charge in [0, 0.05) is 16.7 Å². The zero-order valence-electron chi connectivity index (χ0n) is 8.55. The molecule has 1 aromatic heterocycles. The first-order chi connectivity index (χ1) is 8.06. The van der Waals surface area contributed by atoms with Crippen LogP contribution in [0.4, 0.5) is 21.5 Å². The van der Waals surface area contributed by atoms with E-state index >= 15 is 0 Å². The first kappa shape index (κ1) is 12.6. The molecule has 0 spiro atoms. The van der Waals surface area contributed by atoms with Gasteiger partial charge in [-0.05, 0) is 50.7 Å². The predicted octanol–water partition coefficient (Wildman–Crippen LogP) is 3.91. The summed E-state index contributed by atoms with van der Waals surface area (Å²) >= 11 is 5.21. The Hall–Kier alpha value is -0.890. The fraction of sp³-hybridized carbons (Fsp3) is 0. The summed E-state index contributed by atoms with van der Waals surface area (Å²) in [5.74, 6) is -0.301. The minimum Gasteiger partial charge on any atom is -0.397 e. The molecule has 0 atom stereocenters. The maximum atomic E-state index is 13.4. The Kier molecular flexibility index (Phi) is 3.82. The highest BCUT2D eigenvalue weighted by Gasteiger charge is 2.06. The fourth-order valence-electron chi connectivity index (χ4n) is 1.31. The first-order valence-electron chi connectivity index (χ1n) is 4.68. The van der Waals surface area contributed by atoms with Crippen LogP contribution < -0.4 is 11.1 Å². The number of hydrogen-bond donors (Lipinski definition) is 2.